The van der Waals surface area contributed by atoms with Crippen LogP contribution in [0.2, 0.25) is 0 Å². The fraction of sp³-hybridized carbons (Fsp3) is 0.385. The molecule has 6 heteroatoms. The van der Waals surface area contributed by atoms with Gasteiger partial charge in [0.15, 0.2) is 0 Å². The number of carboxylic acids is 1. The third-order valence-corrected chi connectivity index (χ3v) is 2.89. The van der Waals surface area contributed by atoms with Gasteiger partial charge in [-0.25, -0.2) is 9.18 Å². The van der Waals surface area contributed by atoms with Gasteiger partial charge in [-0.15, -0.1) is 0 Å². The van der Waals surface area contributed by atoms with Crippen molar-refractivity contribution in [2.24, 2.45) is 5.73 Å². The number of aliphatic carboxylic acids is 1. The van der Waals surface area contributed by atoms with E-state index in [-0.39, 0.29) is 11.3 Å². The molecule has 1 rings (SSSR count). The van der Waals surface area contributed by atoms with E-state index in [0.29, 0.717) is 12.8 Å². The number of amides is 1. The predicted octanol–water partition coefficient (Wildman–Crippen LogP) is 1.98. The van der Waals surface area contributed by atoms with E-state index < -0.39 is 23.2 Å². The van der Waals surface area contributed by atoms with Crippen molar-refractivity contribution in [1.82, 2.24) is 0 Å². The lowest BCUT2D eigenvalue weighted by molar-refractivity contribution is -0.142. The zero-order valence-electron chi connectivity index (χ0n) is 10.9. The van der Waals surface area contributed by atoms with Gasteiger partial charge in [0.05, 0.1) is 5.69 Å². The molecule has 5 nitrogen and oxygen atoms in total. The molecular weight excluding hydrogens is 251 g/mol. The Bertz CT molecular complexity index is 505. The molecule has 0 heterocycles. The maximum atomic E-state index is 13.8. The van der Waals surface area contributed by atoms with Crippen molar-refractivity contribution >= 4 is 17.6 Å². The first-order valence-electron chi connectivity index (χ1n) is 5.91. The number of hydrogen-bond acceptors (Lipinski definition) is 3. The molecule has 0 spiro atoms. The largest absolute Gasteiger partial charge is 0.480 e. The number of carbonyl (C=O) groups excluding carboxylic acids is 1. The lowest BCUT2D eigenvalue weighted by Gasteiger charge is -2.27. The number of anilines is 1. The van der Waals surface area contributed by atoms with Crippen molar-refractivity contribution in [3.05, 3.63) is 29.6 Å². The third-order valence-electron chi connectivity index (χ3n) is 2.89. The molecule has 4 N–H and O–H groups in total. The summed E-state index contributed by atoms with van der Waals surface area (Å²) in [7, 11) is 0. The second kappa shape index (κ2) is 5.69. The molecule has 19 heavy (non-hydrogen) atoms. The molecule has 0 aliphatic carbocycles. The monoisotopic (exact) mass is 268 g/mol. The number of nitrogens with one attached hydrogen (secondary N) is 1. The van der Waals surface area contributed by atoms with Crippen LogP contribution in [0, 0.1) is 5.82 Å². The summed E-state index contributed by atoms with van der Waals surface area (Å²) in [5, 5.41) is 11.9. The molecule has 0 radical (unpaired) electrons. The quantitative estimate of drug-likeness (QED) is 0.735. The van der Waals surface area contributed by atoms with Crippen LogP contribution >= 0.6 is 0 Å². The van der Waals surface area contributed by atoms with Gasteiger partial charge in [-0.1, -0.05) is 13.3 Å². The molecule has 104 valence electrons. The lowest BCUT2D eigenvalue weighted by Crippen LogP contribution is -2.43. The summed E-state index contributed by atoms with van der Waals surface area (Å²) in [5.41, 5.74) is 3.84. The van der Waals surface area contributed by atoms with E-state index in [4.69, 9.17) is 5.73 Å². The van der Waals surface area contributed by atoms with Gasteiger partial charge in [-0.3, -0.25) is 4.79 Å². The predicted molar refractivity (Wildman–Crippen MR) is 69.5 cm³/mol. The number of hydrogen-bond donors (Lipinski definition) is 3. The Balaban J connectivity index is 3.04. The Kier molecular flexibility index (Phi) is 4.47. The van der Waals surface area contributed by atoms with E-state index in [0.717, 1.165) is 6.07 Å². The second-order valence-electron chi connectivity index (χ2n) is 4.57. The first-order chi connectivity index (χ1) is 8.80. The highest BCUT2D eigenvalue weighted by molar-refractivity contribution is 5.93. The van der Waals surface area contributed by atoms with Gasteiger partial charge >= 0.3 is 5.97 Å². The minimum absolute atomic E-state index is 0.0309. The van der Waals surface area contributed by atoms with Gasteiger partial charge in [0, 0.05) is 5.56 Å². The van der Waals surface area contributed by atoms with E-state index in [1.807, 2.05) is 6.92 Å². The van der Waals surface area contributed by atoms with Crippen LogP contribution in [0.15, 0.2) is 18.2 Å². The van der Waals surface area contributed by atoms with Gasteiger partial charge in [0.25, 0.3) is 0 Å². The Hall–Kier alpha value is -2.11. The standard InChI is InChI=1S/C13H17FN2O3/c1-3-6-13(2,12(18)19)16-10-5-4-8(11(15)17)7-9(10)14/h4-5,7,16H,3,6H2,1-2H3,(H2,15,17)(H,18,19). The number of halogens is 1. The number of nitrogens with two attached hydrogens (primary N) is 1. The highest BCUT2D eigenvalue weighted by Crippen LogP contribution is 2.23. The zero-order valence-corrected chi connectivity index (χ0v) is 10.9. The average Bonchev–Trinajstić information content (AvgIpc) is 2.31. The molecule has 0 aromatic heterocycles. The molecule has 0 aliphatic rings. The molecule has 1 atom stereocenters. The Labute approximate surface area is 110 Å². The minimum Gasteiger partial charge on any atom is -0.480 e. The Morgan fingerprint density at radius 2 is 2.11 bits per heavy atom. The molecule has 0 aliphatic heterocycles. The normalized spacial score (nSPS) is 13.6. The first-order valence-corrected chi connectivity index (χ1v) is 5.91. The van der Waals surface area contributed by atoms with Gasteiger partial charge in [-0.05, 0) is 31.5 Å². The molecular formula is C13H17FN2O3. The fourth-order valence-corrected chi connectivity index (χ4v) is 1.79. The van der Waals surface area contributed by atoms with Gasteiger partial charge in [0.1, 0.15) is 11.4 Å². The van der Waals surface area contributed by atoms with Crippen LogP contribution in [0.1, 0.15) is 37.0 Å². The van der Waals surface area contributed by atoms with Crippen LogP contribution in [0.25, 0.3) is 0 Å². The number of carbonyl (C=O) groups is 2. The topological polar surface area (TPSA) is 92.4 Å². The average molecular weight is 268 g/mol. The summed E-state index contributed by atoms with van der Waals surface area (Å²) in [4.78, 5) is 22.1. The smallest absolute Gasteiger partial charge is 0.329 e. The maximum absolute atomic E-state index is 13.8. The summed E-state index contributed by atoms with van der Waals surface area (Å²) in [6.07, 6.45) is 0.982. The van der Waals surface area contributed by atoms with Crippen LogP contribution in [0.3, 0.4) is 0 Å². The summed E-state index contributed by atoms with van der Waals surface area (Å²) in [6, 6.07) is 3.65. The molecule has 0 bridgehead atoms. The third kappa shape index (κ3) is 3.43. The molecule has 1 aromatic rings. The van der Waals surface area contributed by atoms with Crippen LogP contribution in [-0.2, 0) is 4.79 Å². The summed E-state index contributed by atoms with van der Waals surface area (Å²) in [6.45, 7) is 3.33. The van der Waals surface area contributed by atoms with Crippen molar-refractivity contribution in [1.29, 1.82) is 0 Å². The summed E-state index contributed by atoms with van der Waals surface area (Å²) >= 11 is 0. The van der Waals surface area contributed by atoms with E-state index in [9.17, 15) is 19.1 Å². The lowest BCUT2D eigenvalue weighted by atomic mass is 9.95. The molecule has 0 saturated carbocycles. The molecule has 0 saturated heterocycles. The molecule has 1 aromatic carbocycles. The van der Waals surface area contributed by atoms with E-state index in [1.54, 1.807) is 0 Å². The number of benzene rings is 1. The maximum Gasteiger partial charge on any atom is 0.329 e. The molecule has 1 amide bonds. The van der Waals surface area contributed by atoms with Gasteiger partial charge < -0.3 is 16.2 Å². The Morgan fingerprint density at radius 1 is 1.47 bits per heavy atom. The second-order valence-corrected chi connectivity index (χ2v) is 4.57. The SMILES string of the molecule is CCCC(C)(Nc1ccc(C(N)=O)cc1F)C(=O)O. The number of primary amides is 1. The van der Waals surface area contributed by atoms with E-state index in [1.165, 1.54) is 19.1 Å². The van der Waals surface area contributed by atoms with Gasteiger partial charge in [0.2, 0.25) is 5.91 Å². The van der Waals surface area contributed by atoms with Crippen molar-refractivity contribution in [3.8, 4) is 0 Å². The van der Waals surface area contributed by atoms with Crippen LogP contribution < -0.4 is 11.1 Å². The van der Waals surface area contributed by atoms with Crippen molar-refractivity contribution in [2.45, 2.75) is 32.2 Å². The number of carboxylic acid groups (broad SMARTS) is 1. The Morgan fingerprint density at radius 3 is 2.53 bits per heavy atom. The number of rotatable bonds is 6. The zero-order chi connectivity index (χ0) is 14.6. The van der Waals surface area contributed by atoms with Crippen molar-refractivity contribution in [2.75, 3.05) is 5.32 Å². The summed E-state index contributed by atoms with van der Waals surface area (Å²) < 4.78 is 13.8. The van der Waals surface area contributed by atoms with E-state index >= 15 is 0 Å². The van der Waals surface area contributed by atoms with Crippen LogP contribution in [0.5, 0.6) is 0 Å². The van der Waals surface area contributed by atoms with Crippen LogP contribution in [0.4, 0.5) is 10.1 Å². The minimum atomic E-state index is -1.26. The van der Waals surface area contributed by atoms with Crippen molar-refractivity contribution < 1.29 is 19.1 Å². The highest BCUT2D eigenvalue weighted by atomic mass is 19.1. The van der Waals surface area contributed by atoms with Gasteiger partial charge in [-0.2, -0.15) is 0 Å². The van der Waals surface area contributed by atoms with Crippen molar-refractivity contribution in [3.63, 3.8) is 0 Å². The van der Waals surface area contributed by atoms with Crippen LogP contribution in [-0.4, -0.2) is 22.5 Å². The summed E-state index contributed by atoms with van der Waals surface area (Å²) in [5.74, 6) is -2.51. The molecule has 1 unspecified atom stereocenters. The van der Waals surface area contributed by atoms with E-state index in [2.05, 4.69) is 5.32 Å². The fourth-order valence-electron chi connectivity index (χ4n) is 1.79. The first kappa shape index (κ1) is 14.9. The molecule has 0 fully saturated rings. The highest BCUT2D eigenvalue weighted by Gasteiger charge is 2.32.